The summed E-state index contributed by atoms with van der Waals surface area (Å²) < 4.78 is 27.4. The van der Waals surface area contributed by atoms with Gasteiger partial charge in [-0.2, -0.15) is 8.42 Å². The second-order valence-corrected chi connectivity index (χ2v) is 4.59. The Morgan fingerprint density at radius 1 is 1.60 bits per heavy atom. The number of aromatic nitrogens is 3. The van der Waals surface area contributed by atoms with E-state index in [1.54, 1.807) is 0 Å². The van der Waals surface area contributed by atoms with Crippen molar-refractivity contribution >= 4 is 10.1 Å². The highest BCUT2D eigenvalue weighted by atomic mass is 32.2. The fourth-order valence-corrected chi connectivity index (χ4v) is 1.44. The Morgan fingerprint density at radius 3 is 2.93 bits per heavy atom. The number of hydrogen-bond donors (Lipinski definition) is 1. The number of rotatable bonds is 6. The summed E-state index contributed by atoms with van der Waals surface area (Å²) in [5.41, 5.74) is 0.729. The Morgan fingerprint density at radius 2 is 2.33 bits per heavy atom. The van der Waals surface area contributed by atoms with Gasteiger partial charge in [0.1, 0.15) is 0 Å². The molecule has 0 unspecified atom stereocenters. The van der Waals surface area contributed by atoms with E-state index in [0.717, 1.165) is 11.9 Å². The maximum atomic E-state index is 10.7. The van der Waals surface area contributed by atoms with Crippen molar-refractivity contribution in [3.8, 4) is 0 Å². The van der Waals surface area contributed by atoms with E-state index < -0.39 is 10.1 Å². The molecule has 0 aromatic carbocycles. The van der Waals surface area contributed by atoms with Crippen LogP contribution < -0.4 is 0 Å². The van der Waals surface area contributed by atoms with Crippen LogP contribution in [0.1, 0.15) is 5.69 Å². The van der Waals surface area contributed by atoms with Gasteiger partial charge in [-0.05, 0) is 0 Å². The minimum Gasteiger partial charge on any atom is -0.394 e. The molecule has 1 aromatic rings. The highest BCUT2D eigenvalue weighted by Gasteiger charge is 2.06. The third kappa shape index (κ3) is 4.36. The predicted molar refractivity (Wildman–Crippen MR) is 51.6 cm³/mol. The number of aliphatic hydroxyl groups excluding tert-OH is 1. The summed E-state index contributed by atoms with van der Waals surface area (Å²) in [5.74, 6) is 0. The fourth-order valence-electron chi connectivity index (χ4n) is 1.05. The highest BCUT2D eigenvalue weighted by molar-refractivity contribution is 7.85. The maximum absolute atomic E-state index is 10.7. The van der Waals surface area contributed by atoms with E-state index in [1.807, 2.05) is 0 Å². The largest absolute Gasteiger partial charge is 0.394 e. The second-order valence-electron chi connectivity index (χ2n) is 2.95. The Labute approximate surface area is 87.8 Å². The summed E-state index contributed by atoms with van der Waals surface area (Å²) >= 11 is 0. The molecule has 0 saturated heterocycles. The lowest BCUT2D eigenvalue weighted by Crippen LogP contribution is -2.12. The first-order chi connectivity index (χ1) is 7.03. The molecule has 7 nitrogen and oxygen atoms in total. The summed E-state index contributed by atoms with van der Waals surface area (Å²) in [4.78, 5) is 0. The van der Waals surface area contributed by atoms with Crippen LogP contribution in [0.4, 0.5) is 0 Å². The fraction of sp³-hybridized carbons (Fsp3) is 0.714. The molecule has 1 rings (SSSR count). The van der Waals surface area contributed by atoms with E-state index in [4.69, 9.17) is 5.11 Å². The number of hydrogen-bond acceptors (Lipinski definition) is 6. The monoisotopic (exact) mass is 235 g/mol. The third-order valence-corrected chi connectivity index (χ3v) is 2.26. The van der Waals surface area contributed by atoms with E-state index >= 15 is 0 Å². The van der Waals surface area contributed by atoms with E-state index in [-0.39, 0.29) is 13.2 Å². The van der Waals surface area contributed by atoms with Crippen molar-refractivity contribution in [2.45, 2.75) is 13.0 Å². The first-order valence-corrected chi connectivity index (χ1v) is 6.17. The molecule has 1 N–H and O–H groups in total. The Kier molecular flexibility index (Phi) is 4.18. The van der Waals surface area contributed by atoms with Crippen LogP contribution in [0.3, 0.4) is 0 Å². The van der Waals surface area contributed by atoms with Gasteiger partial charge in [-0.25, -0.2) is 4.68 Å². The molecule has 1 heterocycles. The number of nitrogens with zero attached hydrogens (tertiary/aromatic N) is 3. The topological polar surface area (TPSA) is 94.3 Å². The van der Waals surface area contributed by atoms with Gasteiger partial charge in [0.2, 0.25) is 0 Å². The van der Waals surface area contributed by atoms with Gasteiger partial charge in [0.05, 0.1) is 37.9 Å². The van der Waals surface area contributed by atoms with Crippen molar-refractivity contribution in [1.29, 1.82) is 0 Å². The Balaban J connectivity index is 2.47. The van der Waals surface area contributed by atoms with Gasteiger partial charge in [0.15, 0.2) is 0 Å². The van der Waals surface area contributed by atoms with Crippen LogP contribution in [0.2, 0.25) is 0 Å². The molecule has 0 amide bonds. The van der Waals surface area contributed by atoms with Crippen LogP contribution >= 0.6 is 0 Å². The van der Waals surface area contributed by atoms with Crippen LogP contribution in [-0.2, 0) is 27.3 Å². The van der Waals surface area contributed by atoms with Crippen LogP contribution in [-0.4, -0.2) is 48.0 Å². The zero-order valence-electron chi connectivity index (χ0n) is 8.33. The van der Waals surface area contributed by atoms with E-state index in [9.17, 15) is 8.42 Å². The lowest BCUT2D eigenvalue weighted by Gasteiger charge is -2.03. The first kappa shape index (κ1) is 12.1. The molecule has 15 heavy (non-hydrogen) atoms. The molecule has 0 spiro atoms. The van der Waals surface area contributed by atoms with E-state index in [2.05, 4.69) is 14.5 Å². The normalized spacial score (nSPS) is 11.9. The minimum atomic E-state index is -3.40. The second kappa shape index (κ2) is 5.19. The summed E-state index contributed by atoms with van der Waals surface area (Å²) in [6, 6.07) is 0. The molecular weight excluding hydrogens is 222 g/mol. The molecule has 0 radical (unpaired) electrons. The van der Waals surface area contributed by atoms with Gasteiger partial charge in [0.25, 0.3) is 10.1 Å². The molecule has 0 saturated carbocycles. The average molecular weight is 235 g/mol. The summed E-state index contributed by atoms with van der Waals surface area (Å²) in [6.07, 6.45) is 2.90. The molecule has 0 fully saturated rings. The molecule has 0 aliphatic carbocycles. The van der Waals surface area contributed by atoms with Crippen molar-refractivity contribution < 1.29 is 17.7 Å². The van der Waals surface area contributed by atoms with Crippen molar-refractivity contribution in [3.63, 3.8) is 0 Å². The van der Waals surface area contributed by atoms with Crippen molar-refractivity contribution in [2.24, 2.45) is 0 Å². The smallest absolute Gasteiger partial charge is 0.264 e. The van der Waals surface area contributed by atoms with E-state index in [0.29, 0.717) is 13.0 Å². The van der Waals surface area contributed by atoms with E-state index in [1.165, 1.54) is 10.9 Å². The molecule has 8 heteroatoms. The highest BCUT2D eigenvalue weighted by Crippen LogP contribution is 1.99. The molecule has 0 aliphatic heterocycles. The van der Waals surface area contributed by atoms with Crippen LogP contribution in [0, 0.1) is 0 Å². The molecule has 1 aromatic heterocycles. The SMILES string of the molecule is CS(=O)(=O)OCCc1cnnn1CCO. The van der Waals surface area contributed by atoms with Gasteiger partial charge in [-0.15, -0.1) is 5.10 Å². The molecule has 0 atom stereocenters. The third-order valence-electron chi connectivity index (χ3n) is 1.67. The number of aliphatic hydroxyl groups is 1. The maximum Gasteiger partial charge on any atom is 0.264 e. The standard InChI is InChI=1S/C7H13N3O4S/c1-15(12,13)14-5-2-7-6-8-9-10(7)3-4-11/h6,11H,2-5H2,1H3. The molecule has 86 valence electrons. The van der Waals surface area contributed by atoms with Crippen LogP contribution in [0.15, 0.2) is 6.20 Å². The average Bonchev–Trinajstić information content (AvgIpc) is 2.51. The lowest BCUT2D eigenvalue weighted by molar-refractivity contribution is 0.263. The van der Waals surface area contributed by atoms with Crippen molar-refractivity contribution in [2.75, 3.05) is 19.5 Å². The zero-order chi connectivity index (χ0) is 11.3. The predicted octanol–water partition coefficient (Wildman–Crippen LogP) is -1.21. The van der Waals surface area contributed by atoms with Crippen molar-refractivity contribution in [3.05, 3.63) is 11.9 Å². The minimum absolute atomic E-state index is 0.0384. The first-order valence-electron chi connectivity index (χ1n) is 4.35. The quantitative estimate of drug-likeness (QED) is 0.622. The summed E-state index contributed by atoms with van der Waals surface area (Å²) in [5, 5.41) is 16.1. The Bertz CT molecular complexity index is 400. The van der Waals surface area contributed by atoms with Crippen molar-refractivity contribution in [1.82, 2.24) is 15.0 Å². The summed E-state index contributed by atoms with van der Waals surface area (Å²) in [6.45, 7) is 0.356. The van der Waals surface area contributed by atoms with Gasteiger partial charge in [0, 0.05) is 6.42 Å². The summed E-state index contributed by atoms with van der Waals surface area (Å²) in [7, 11) is -3.40. The lowest BCUT2D eigenvalue weighted by atomic mass is 10.3. The van der Waals surface area contributed by atoms with Crippen LogP contribution in [0.25, 0.3) is 0 Å². The van der Waals surface area contributed by atoms with Crippen LogP contribution in [0.5, 0.6) is 0 Å². The van der Waals surface area contributed by atoms with Gasteiger partial charge in [-0.3, -0.25) is 4.18 Å². The molecule has 0 aliphatic rings. The van der Waals surface area contributed by atoms with Gasteiger partial charge < -0.3 is 5.11 Å². The Hall–Kier alpha value is -0.990. The van der Waals surface area contributed by atoms with Gasteiger partial charge >= 0.3 is 0 Å². The zero-order valence-corrected chi connectivity index (χ0v) is 9.14. The molecular formula is C7H13N3O4S. The van der Waals surface area contributed by atoms with Gasteiger partial charge in [-0.1, -0.05) is 5.21 Å². The molecule has 0 bridgehead atoms.